The van der Waals surface area contributed by atoms with E-state index < -0.39 is 5.92 Å². The number of rotatable bonds is 2. The zero-order chi connectivity index (χ0) is 13.1. The second kappa shape index (κ2) is 4.89. The summed E-state index contributed by atoms with van der Waals surface area (Å²) in [6, 6.07) is 10.8. The monoisotopic (exact) mass is 228 g/mol. The van der Waals surface area contributed by atoms with Gasteiger partial charge in [-0.2, -0.15) is 10.5 Å². The highest BCUT2D eigenvalue weighted by molar-refractivity contribution is 5.33. The quantitative estimate of drug-likeness (QED) is 0.845. The van der Waals surface area contributed by atoms with E-state index in [0.29, 0.717) is 0 Å². The minimum Gasteiger partial charge on any atom is -0.508 e. The van der Waals surface area contributed by atoms with Crippen LogP contribution in [0.5, 0.6) is 5.75 Å². The lowest BCUT2D eigenvalue weighted by molar-refractivity contribution is 0.293. The first kappa shape index (κ1) is 13.1. The van der Waals surface area contributed by atoms with Gasteiger partial charge in [-0.3, -0.25) is 0 Å². The Morgan fingerprint density at radius 1 is 1.18 bits per heavy atom. The number of hydrogen-bond acceptors (Lipinski definition) is 3. The third-order valence-corrected chi connectivity index (χ3v) is 2.77. The first-order valence-electron chi connectivity index (χ1n) is 5.48. The summed E-state index contributed by atoms with van der Waals surface area (Å²) in [6.07, 6.45) is 0. The minimum atomic E-state index is -0.711. The Hall–Kier alpha value is -2.00. The molecule has 0 aromatic heterocycles. The van der Waals surface area contributed by atoms with Crippen molar-refractivity contribution < 1.29 is 5.11 Å². The van der Waals surface area contributed by atoms with Gasteiger partial charge in [0, 0.05) is 5.92 Å². The van der Waals surface area contributed by atoms with E-state index in [1.807, 2.05) is 39.0 Å². The molecule has 0 saturated carbocycles. The zero-order valence-corrected chi connectivity index (χ0v) is 10.3. The van der Waals surface area contributed by atoms with Crippen LogP contribution < -0.4 is 0 Å². The third kappa shape index (κ3) is 2.98. The van der Waals surface area contributed by atoms with Crippen LogP contribution >= 0.6 is 0 Å². The average Bonchev–Trinajstić information content (AvgIpc) is 2.23. The molecule has 0 heterocycles. The number of benzene rings is 1. The smallest absolute Gasteiger partial charge is 0.140 e. The van der Waals surface area contributed by atoms with E-state index in [0.717, 1.165) is 5.56 Å². The van der Waals surface area contributed by atoms with Gasteiger partial charge < -0.3 is 5.11 Å². The Kier molecular flexibility index (Phi) is 3.76. The Morgan fingerprint density at radius 2 is 1.76 bits per heavy atom. The molecule has 3 heteroatoms. The normalized spacial score (nSPS) is 12.8. The molecule has 0 fully saturated rings. The molecule has 1 N–H and O–H groups in total. The average molecular weight is 228 g/mol. The van der Waals surface area contributed by atoms with Crippen molar-refractivity contribution in [2.45, 2.75) is 26.7 Å². The fraction of sp³-hybridized carbons (Fsp3) is 0.429. The second-order valence-corrected chi connectivity index (χ2v) is 5.17. The van der Waals surface area contributed by atoms with Crippen molar-refractivity contribution in [3.63, 3.8) is 0 Å². The number of phenolic OH excluding ortho intramolecular Hbond substituents is 1. The standard InChI is InChI=1S/C14H16N2O/c1-14(2,3)13(11(8-15)9-16)10-5-4-6-12(17)7-10/h4-7,11,13,17H,1-3H3. The first-order chi connectivity index (χ1) is 7.90. The van der Waals surface area contributed by atoms with Crippen LogP contribution in [-0.2, 0) is 0 Å². The third-order valence-electron chi connectivity index (χ3n) is 2.77. The summed E-state index contributed by atoms with van der Waals surface area (Å²) in [5.41, 5.74) is 0.606. The summed E-state index contributed by atoms with van der Waals surface area (Å²) in [5, 5.41) is 27.6. The van der Waals surface area contributed by atoms with Gasteiger partial charge in [-0.15, -0.1) is 0 Å². The lowest BCUT2D eigenvalue weighted by Crippen LogP contribution is -2.24. The maximum atomic E-state index is 9.49. The second-order valence-electron chi connectivity index (χ2n) is 5.17. The molecule has 0 amide bonds. The molecule has 1 aromatic rings. The number of phenols is 1. The Morgan fingerprint density at radius 3 is 2.18 bits per heavy atom. The molecule has 0 aliphatic heterocycles. The zero-order valence-electron chi connectivity index (χ0n) is 10.3. The van der Waals surface area contributed by atoms with E-state index in [4.69, 9.17) is 10.5 Å². The molecule has 1 aromatic carbocycles. The van der Waals surface area contributed by atoms with Gasteiger partial charge in [0.15, 0.2) is 0 Å². The predicted octanol–water partition coefficient (Wildman–Crippen LogP) is 3.19. The maximum Gasteiger partial charge on any atom is 0.140 e. The summed E-state index contributed by atoms with van der Waals surface area (Å²) in [6.45, 7) is 5.97. The van der Waals surface area contributed by atoms with E-state index in [1.54, 1.807) is 18.2 Å². The summed E-state index contributed by atoms with van der Waals surface area (Å²) in [5.74, 6) is -0.771. The Balaban J connectivity index is 3.27. The molecule has 0 spiro atoms. The van der Waals surface area contributed by atoms with Gasteiger partial charge in [-0.05, 0) is 23.1 Å². The molecule has 0 radical (unpaired) electrons. The van der Waals surface area contributed by atoms with Gasteiger partial charge in [-0.1, -0.05) is 32.9 Å². The van der Waals surface area contributed by atoms with Gasteiger partial charge in [0.05, 0.1) is 12.1 Å². The van der Waals surface area contributed by atoms with Crippen molar-refractivity contribution in [1.29, 1.82) is 10.5 Å². The molecule has 3 nitrogen and oxygen atoms in total. The SMILES string of the molecule is CC(C)(C)C(c1cccc(O)c1)C(C#N)C#N. The van der Waals surface area contributed by atoms with Gasteiger partial charge >= 0.3 is 0 Å². The van der Waals surface area contributed by atoms with E-state index in [9.17, 15) is 5.11 Å². The van der Waals surface area contributed by atoms with Crippen LogP contribution in [0.15, 0.2) is 24.3 Å². The van der Waals surface area contributed by atoms with Crippen LogP contribution in [0.1, 0.15) is 32.3 Å². The summed E-state index contributed by atoms with van der Waals surface area (Å²) >= 11 is 0. The van der Waals surface area contributed by atoms with Gasteiger partial charge in [0.1, 0.15) is 11.7 Å². The van der Waals surface area contributed by atoms with Crippen LogP contribution in [0.25, 0.3) is 0 Å². The highest BCUT2D eigenvalue weighted by atomic mass is 16.3. The number of aromatic hydroxyl groups is 1. The minimum absolute atomic E-state index is 0.159. The Labute approximate surface area is 102 Å². The number of nitrogens with zero attached hydrogens (tertiary/aromatic N) is 2. The number of hydrogen-bond donors (Lipinski definition) is 1. The van der Waals surface area contributed by atoms with Crippen LogP contribution in [-0.4, -0.2) is 5.11 Å². The molecule has 0 saturated heterocycles. The molecule has 1 rings (SSSR count). The van der Waals surface area contributed by atoms with Gasteiger partial charge in [-0.25, -0.2) is 0 Å². The van der Waals surface area contributed by atoms with Crippen LogP contribution in [0.4, 0.5) is 0 Å². The Bertz CT molecular complexity index is 460. The highest BCUT2D eigenvalue weighted by Crippen LogP contribution is 2.41. The molecule has 88 valence electrons. The number of nitriles is 2. The molecular formula is C14H16N2O. The molecule has 0 bridgehead atoms. The highest BCUT2D eigenvalue weighted by Gasteiger charge is 2.34. The van der Waals surface area contributed by atoms with Gasteiger partial charge in [0.25, 0.3) is 0 Å². The maximum absolute atomic E-state index is 9.49. The van der Waals surface area contributed by atoms with Crippen LogP contribution in [0.2, 0.25) is 0 Å². The fourth-order valence-corrected chi connectivity index (χ4v) is 2.09. The van der Waals surface area contributed by atoms with E-state index in [1.165, 1.54) is 0 Å². The fourth-order valence-electron chi connectivity index (χ4n) is 2.09. The molecule has 1 atom stereocenters. The molecular weight excluding hydrogens is 212 g/mol. The van der Waals surface area contributed by atoms with Crippen molar-refractivity contribution in [3.05, 3.63) is 29.8 Å². The molecule has 1 unspecified atom stereocenters. The summed E-state index contributed by atoms with van der Waals surface area (Å²) < 4.78 is 0. The summed E-state index contributed by atoms with van der Waals surface area (Å²) in [4.78, 5) is 0. The molecule has 17 heavy (non-hydrogen) atoms. The van der Waals surface area contributed by atoms with Gasteiger partial charge in [0.2, 0.25) is 0 Å². The molecule has 0 aliphatic rings. The van der Waals surface area contributed by atoms with Crippen molar-refractivity contribution in [2.24, 2.45) is 11.3 Å². The first-order valence-corrected chi connectivity index (χ1v) is 5.48. The van der Waals surface area contributed by atoms with Crippen LogP contribution in [0, 0.1) is 34.0 Å². The molecule has 0 aliphatic carbocycles. The lowest BCUT2D eigenvalue weighted by Gasteiger charge is -2.31. The topological polar surface area (TPSA) is 67.8 Å². The van der Waals surface area contributed by atoms with E-state index >= 15 is 0 Å². The van der Waals surface area contributed by atoms with Crippen molar-refractivity contribution in [2.75, 3.05) is 0 Å². The lowest BCUT2D eigenvalue weighted by atomic mass is 9.70. The van der Waals surface area contributed by atoms with E-state index in [2.05, 4.69) is 0 Å². The van der Waals surface area contributed by atoms with Crippen molar-refractivity contribution in [1.82, 2.24) is 0 Å². The largest absolute Gasteiger partial charge is 0.508 e. The predicted molar refractivity (Wildman–Crippen MR) is 65.0 cm³/mol. The van der Waals surface area contributed by atoms with Crippen molar-refractivity contribution in [3.8, 4) is 17.9 Å². The van der Waals surface area contributed by atoms with Crippen molar-refractivity contribution >= 4 is 0 Å². The van der Waals surface area contributed by atoms with E-state index in [-0.39, 0.29) is 17.1 Å². The van der Waals surface area contributed by atoms with Crippen LogP contribution in [0.3, 0.4) is 0 Å². The summed E-state index contributed by atoms with van der Waals surface area (Å²) in [7, 11) is 0.